The first-order chi connectivity index (χ1) is 10.6. The van der Waals surface area contributed by atoms with Crippen LogP contribution in [0.5, 0.6) is 0 Å². The maximum atomic E-state index is 12.5. The molecule has 1 atom stereocenters. The predicted molar refractivity (Wildman–Crippen MR) is 83.7 cm³/mol. The zero-order valence-electron chi connectivity index (χ0n) is 12.4. The number of sulfone groups is 1. The van der Waals surface area contributed by atoms with Crippen LogP contribution in [0.2, 0.25) is 0 Å². The molecule has 2 fully saturated rings. The Kier molecular flexibility index (Phi) is 4.46. The van der Waals surface area contributed by atoms with Gasteiger partial charge in [0.25, 0.3) is 0 Å². The summed E-state index contributed by atoms with van der Waals surface area (Å²) in [6, 6.07) is 9.29. The summed E-state index contributed by atoms with van der Waals surface area (Å²) in [5.41, 5.74) is 6.71. The van der Waals surface area contributed by atoms with Gasteiger partial charge in [-0.05, 0) is 12.0 Å². The summed E-state index contributed by atoms with van der Waals surface area (Å²) in [5, 5.41) is -0.508. The lowest BCUT2D eigenvalue weighted by atomic mass is 10.1. The molecule has 0 saturated carbocycles. The molecule has 2 saturated heterocycles. The van der Waals surface area contributed by atoms with E-state index in [4.69, 9.17) is 0 Å². The van der Waals surface area contributed by atoms with E-state index in [2.05, 4.69) is 10.9 Å². The third-order valence-corrected chi connectivity index (χ3v) is 6.52. The minimum atomic E-state index is -3.23. The van der Waals surface area contributed by atoms with Gasteiger partial charge >= 0.3 is 0 Å². The van der Waals surface area contributed by atoms with Crippen LogP contribution in [0.1, 0.15) is 17.2 Å². The number of nitrogens with zero attached hydrogens (tertiary/aromatic N) is 1. The number of carbonyl (C=O) groups is 1. The van der Waals surface area contributed by atoms with Gasteiger partial charge in [0.15, 0.2) is 9.84 Å². The van der Waals surface area contributed by atoms with Crippen molar-refractivity contribution in [2.45, 2.75) is 11.7 Å². The quantitative estimate of drug-likeness (QED) is 0.807. The molecule has 0 spiro atoms. The molecular formula is C15H21N3O3S. The monoisotopic (exact) mass is 323 g/mol. The molecule has 1 aromatic rings. The van der Waals surface area contributed by atoms with Crippen LogP contribution < -0.4 is 10.9 Å². The summed E-state index contributed by atoms with van der Waals surface area (Å²) in [7, 11) is -3.23. The van der Waals surface area contributed by atoms with Gasteiger partial charge in [0.1, 0.15) is 0 Å². The van der Waals surface area contributed by atoms with Crippen LogP contribution in [0.15, 0.2) is 30.3 Å². The molecule has 1 unspecified atom stereocenters. The van der Waals surface area contributed by atoms with Gasteiger partial charge in [-0.25, -0.2) is 8.42 Å². The van der Waals surface area contributed by atoms with Crippen molar-refractivity contribution in [3.8, 4) is 0 Å². The Morgan fingerprint density at radius 2 is 1.77 bits per heavy atom. The summed E-state index contributed by atoms with van der Waals surface area (Å²) >= 11 is 0. The van der Waals surface area contributed by atoms with Gasteiger partial charge in [-0.3, -0.25) is 15.6 Å². The zero-order valence-corrected chi connectivity index (χ0v) is 13.2. The van der Waals surface area contributed by atoms with Crippen molar-refractivity contribution in [3.05, 3.63) is 35.9 Å². The van der Waals surface area contributed by atoms with Gasteiger partial charge in [-0.1, -0.05) is 30.3 Å². The number of hydrogen-bond donors (Lipinski definition) is 2. The maximum Gasteiger partial charge on any atom is 0.228 e. The molecule has 2 heterocycles. The van der Waals surface area contributed by atoms with E-state index in [1.807, 2.05) is 30.3 Å². The number of amides is 1. The Labute approximate surface area is 130 Å². The first-order valence-corrected chi connectivity index (χ1v) is 9.30. The number of hydrogen-bond acceptors (Lipinski definition) is 5. The molecule has 3 rings (SSSR count). The van der Waals surface area contributed by atoms with E-state index in [0.717, 1.165) is 5.56 Å². The van der Waals surface area contributed by atoms with Crippen molar-refractivity contribution in [2.75, 3.05) is 31.9 Å². The minimum Gasteiger partial charge on any atom is -0.341 e. The highest BCUT2D eigenvalue weighted by atomic mass is 32.2. The number of nitrogens with one attached hydrogen (secondary N) is 2. The number of carbonyl (C=O) groups excluding carboxylic acids is 1. The molecule has 2 aliphatic heterocycles. The van der Waals surface area contributed by atoms with Gasteiger partial charge in [0.05, 0.1) is 16.9 Å². The van der Waals surface area contributed by atoms with Crippen LogP contribution in [-0.2, 0) is 14.6 Å². The molecule has 2 aliphatic rings. The SMILES string of the molecule is O=C(C1CNNC1)N1CCC(c2ccccc2)S(=O)(=O)CC1. The highest BCUT2D eigenvalue weighted by molar-refractivity contribution is 7.91. The number of rotatable bonds is 2. The van der Waals surface area contributed by atoms with Gasteiger partial charge in [0, 0.05) is 26.2 Å². The van der Waals surface area contributed by atoms with Crippen molar-refractivity contribution in [1.82, 2.24) is 15.8 Å². The first kappa shape index (κ1) is 15.5. The van der Waals surface area contributed by atoms with E-state index >= 15 is 0 Å². The minimum absolute atomic E-state index is 0.0336. The summed E-state index contributed by atoms with van der Waals surface area (Å²) in [4.78, 5) is 14.2. The van der Waals surface area contributed by atoms with Crippen molar-refractivity contribution in [2.24, 2.45) is 5.92 Å². The molecule has 0 aromatic heterocycles. The maximum absolute atomic E-state index is 12.5. The third-order valence-electron chi connectivity index (χ3n) is 4.39. The van der Waals surface area contributed by atoms with Gasteiger partial charge in [-0.2, -0.15) is 0 Å². The standard InChI is InChI=1S/C15H21N3O3S/c19-15(13-10-16-17-11-13)18-7-6-14(22(20,21)9-8-18)12-4-2-1-3-5-12/h1-5,13-14,16-17H,6-11H2. The average Bonchev–Trinajstić information content (AvgIpc) is 3.00. The summed E-state index contributed by atoms with van der Waals surface area (Å²) in [6.07, 6.45) is 0.464. The molecule has 0 bridgehead atoms. The molecule has 2 N–H and O–H groups in total. The van der Waals surface area contributed by atoms with Crippen LogP contribution in [0.4, 0.5) is 0 Å². The lowest BCUT2D eigenvalue weighted by Gasteiger charge is -2.22. The normalized spacial score (nSPS) is 25.8. The number of hydrazine groups is 1. The Bertz CT molecular complexity index is 627. The smallest absolute Gasteiger partial charge is 0.228 e. The Balaban J connectivity index is 1.76. The fourth-order valence-corrected chi connectivity index (χ4v) is 4.90. The average molecular weight is 323 g/mol. The zero-order chi connectivity index (χ0) is 15.6. The van der Waals surface area contributed by atoms with E-state index < -0.39 is 15.1 Å². The van der Waals surface area contributed by atoms with Crippen molar-refractivity contribution < 1.29 is 13.2 Å². The summed E-state index contributed by atoms with van der Waals surface area (Å²) in [5.74, 6) is -0.0244. The van der Waals surface area contributed by atoms with E-state index in [1.54, 1.807) is 4.90 Å². The molecule has 6 nitrogen and oxygen atoms in total. The number of benzene rings is 1. The van der Waals surface area contributed by atoms with Crippen LogP contribution >= 0.6 is 0 Å². The summed E-state index contributed by atoms with van der Waals surface area (Å²) < 4.78 is 25.1. The molecular weight excluding hydrogens is 302 g/mol. The lowest BCUT2D eigenvalue weighted by molar-refractivity contribution is -0.134. The van der Waals surface area contributed by atoms with Crippen molar-refractivity contribution >= 4 is 15.7 Å². The van der Waals surface area contributed by atoms with Crippen LogP contribution in [0, 0.1) is 5.92 Å². The topological polar surface area (TPSA) is 78.5 Å². The molecule has 0 radical (unpaired) electrons. The van der Waals surface area contributed by atoms with Crippen molar-refractivity contribution in [1.29, 1.82) is 0 Å². The molecule has 22 heavy (non-hydrogen) atoms. The first-order valence-electron chi connectivity index (χ1n) is 7.59. The third kappa shape index (κ3) is 3.16. The fraction of sp³-hybridized carbons (Fsp3) is 0.533. The van der Waals surface area contributed by atoms with Gasteiger partial charge in [-0.15, -0.1) is 0 Å². The molecule has 7 heteroatoms. The van der Waals surface area contributed by atoms with Gasteiger partial charge in [0.2, 0.25) is 5.91 Å². The molecule has 0 aliphatic carbocycles. The fourth-order valence-electron chi connectivity index (χ4n) is 3.10. The van der Waals surface area contributed by atoms with E-state index in [-0.39, 0.29) is 17.6 Å². The van der Waals surface area contributed by atoms with Crippen LogP contribution in [0.3, 0.4) is 0 Å². The van der Waals surface area contributed by atoms with Gasteiger partial charge < -0.3 is 4.90 Å². The second-order valence-corrected chi connectivity index (χ2v) is 8.14. The second-order valence-electron chi connectivity index (χ2n) is 5.84. The predicted octanol–water partition coefficient (Wildman–Crippen LogP) is 0.0988. The second kappa shape index (κ2) is 6.36. The highest BCUT2D eigenvalue weighted by Crippen LogP contribution is 2.29. The van der Waals surface area contributed by atoms with Crippen LogP contribution in [-0.4, -0.2) is 51.2 Å². The Morgan fingerprint density at radius 3 is 2.45 bits per heavy atom. The molecule has 1 aromatic carbocycles. The molecule has 1 amide bonds. The van der Waals surface area contributed by atoms with E-state index in [0.29, 0.717) is 32.6 Å². The highest BCUT2D eigenvalue weighted by Gasteiger charge is 2.34. The largest absolute Gasteiger partial charge is 0.341 e. The van der Waals surface area contributed by atoms with E-state index in [1.165, 1.54) is 0 Å². The van der Waals surface area contributed by atoms with E-state index in [9.17, 15) is 13.2 Å². The Hall–Kier alpha value is -1.44. The Morgan fingerprint density at radius 1 is 1.09 bits per heavy atom. The lowest BCUT2D eigenvalue weighted by Crippen LogP contribution is -2.39. The summed E-state index contributed by atoms with van der Waals surface area (Å²) in [6.45, 7) is 1.99. The van der Waals surface area contributed by atoms with Crippen LogP contribution in [0.25, 0.3) is 0 Å². The molecule has 120 valence electrons. The van der Waals surface area contributed by atoms with Crippen molar-refractivity contribution in [3.63, 3.8) is 0 Å².